The quantitative estimate of drug-likeness (QED) is 0.710. The number of hydrogen-bond acceptors (Lipinski definition) is 4. The Morgan fingerprint density at radius 2 is 2.15 bits per heavy atom. The molecule has 2 heterocycles. The summed E-state index contributed by atoms with van der Waals surface area (Å²) in [7, 11) is 0. The number of aromatic hydroxyl groups is 1. The first kappa shape index (κ1) is 7.97. The number of aromatic nitrogens is 4. The van der Waals surface area contributed by atoms with Gasteiger partial charge in [-0.3, -0.25) is 4.68 Å². The van der Waals surface area contributed by atoms with Crippen molar-refractivity contribution in [3.05, 3.63) is 12.5 Å². The zero-order valence-corrected chi connectivity index (χ0v) is 7.47. The van der Waals surface area contributed by atoms with Crippen LogP contribution in [0, 0.1) is 0 Å². The Hall–Kier alpha value is -1.65. The highest BCUT2D eigenvalue weighted by molar-refractivity contribution is 5.78. The minimum absolute atomic E-state index is 0.0174. The van der Waals surface area contributed by atoms with Crippen molar-refractivity contribution in [3.63, 3.8) is 0 Å². The molecule has 0 saturated heterocycles. The summed E-state index contributed by atoms with van der Waals surface area (Å²) in [6.45, 7) is 3.97. The van der Waals surface area contributed by atoms with Gasteiger partial charge in [-0.25, -0.2) is 9.97 Å². The summed E-state index contributed by atoms with van der Waals surface area (Å²) in [4.78, 5) is 7.70. The molecule has 0 fully saturated rings. The SMILES string of the molecule is CC(C)n1ncc2ncnc(O)c21. The minimum atomic E-state index is -0.0174. The molecule has 2 aromatic rings. The van der Waals surface area contributed by atoms with Crippen molar-refractivity contribution in [2.75, 3.05) is 0 Å². The third-order valence-corrected chi connectivity index (χ3v) is 1.85. The second-order valence-electron chi connectivity index (χ2n) is 3.11. The zero-order valence-electron chi connectivity index (χ0n) is 7.47. The average Bonchev–Trinajstić information content (AvgIpc) is 2.49. The van der Waals surface area contributed by atoms with Crippen LogP contribution in [0.1, 0.15) is 19.9 Å². The van der Waals surface area contributed by atoms with Crippen LogP contribution in [0.4, 0.5) is 0 Å². The van der Waals surface area contributed by atoms with Crippen molar-refractivity contribution in [3.8, 4) is 5.88 Å². The smallest absolute Gasteiger partial charge is 0.240 e. The molecule has 2 aromatic heterocycles. The van der Waals surface area contributed by atoms with Gasteiger partial charge in [0.25, 0.3) is 0 Å². The summed E-state index contributed by atoms with van der Waals surface area (Å²) >= 11 is 0. The zero-order chi connectivity index (χ0) is 9.42. The second-order valence-corrected chi connectivity index (χ2v) is 3.11. The molecule has 0 unspecified atom stereocenters. The maximum atomic E-state index is 9.48. The van der Waals surface area contributed by atoms with Gasteiger partial charge >= 0.3 is 0 Å². The fraction of sp³-hybridized carbons (Fsp3) is 0.375. The Balaban J connectivity index is 2.79. The highest BCUT2D eigenvalue weighted by Gasteiger charge is 2.10. The second kappa shape index (κ2) is 2.69. The van der Waals surface area contributed by atoms with Gasteiger partial charge in [-0.15, -0.1) is 0 Å². The fourth-order valence-corrected chi connectivity index (χ4v) is 1.26. The maximum absolute atomic E-state index is 9.48. The van der Waals surface area contributed by atoms with Gasteiger partial charge in [0.2, 0.25) is 5.88 Å². The van der Waals surface area contributed by atoms with Crippen molar-refractivity contribution >= 4 is 11.0 Å². The molecule has 5 nitrogen and oxygen atoms in total. The van der Waals surface area contributed by atoms with Crippen LogP contribution in [0.5, 0.6) is 5.88 Å². The molecule has 0 aliphatic carbocycles. The van der Waals surface area contributed by atoms with Crippen LogP contribution >= 0.6 is 0 Å². The van der Waals surface area contributed by atoms with E-state index in [9.17, 15) is 5.11 Å². The molecule has 0 aliphatic heterocycles. The summed E-state index contributed by atoms with van der Waals surface area (Å²) in [6.07, 6.45) is 2.95. The molecule has 0 amide bonds. The lowest BCUT2D eigenvalue weighted by molar-refractivity contribution is 0.448. The molecule has 0 spiro atoms. The Morgan fingerprint density at radius 1 is 1.38 bits per heavy atom. The monoisotopic (exact) mass is 178 g/mol. The summed E-state index contributed by atoms with van der Waals surface area (Å²) in [5, 5.41) is 13.6. The maximum Gasteiger partial charge on any atom is 0.240 e. The van der Waals surface area contributed by atoms with Crippen LogP contribution in [0.25, 0.3) is 11.0 Å². The van der Waals surface area contributed by atoms with E-state index in [4.69, 9.17) is 0 Å². The van der Waals surface area contributed by atoms with Gasteiger partial charge in [0.15, 0.2) is 0 Å². The summed E-state index contributed by atoms with van der Waals surface area (Å²) < 4.78 is 1.70. The molecule has 1 N–H and O–H groups in total. The van der Waals surface area contributed by atoms with E-state index >= 15 is 0 Å². The lowest BCUT2D eigenvalue weighted by atomic mass is 10.4. The van der Waals surface area contributed by atoms with Crippen LogP contribution in [0.15, 0.2) is 12.5 Å². The first-order valence-corrected chi connectivity index (χ1v) is 4.07. The Bertz CT molecular complexity index is 435. The van der Waals surface area contributed by atoms with E-state index < -0.39 is 0 Å². The van der Waals surface area contributed by atoms with E-state index in [-0.39, 0.29) is 11.9 Å². The fourth-order valence-electron chi connectivity index (χ4n) is 1.26. The molecule has 0 aromatic carbocycles. The molecule has 0 bridgehead atoms. The number of nitrogens with zero attached hydrogens (tertiary/aromatic N) is 4. The van der Waals surface area contributed by atoms with Crippen LogP contribution < -0.4 is 0 Å². The Morgan fingerprint density at radius 3 is 2.85 bits per heavy atom. The predicted octanol–water partition coefficient (Wildman–Crippen LogP) is 1.11. The van der Waals surface area contributed by atoms with E-state index in [0.29, 0.717) is 11.0 Å². The van der Waals surface area contributed by atoms with Gasteiger partial charge in [0.05, 0.1) is 6.20 Å². The Labute approximate surface area is 75.0 Å². The third-order valence-electron chi connectivity index (χ3n) is 1.85. The third kappa shape index (κ3) is 1.12. The van der Waals surface area contributed by atoms with Gasteiger partial charge in [0.1, 0.15) is 17.4 Å². The summed E-state index contributed by atoms with van der Waals surface area (Å²) in [5.41, 5.74) is 1.26. The highest BCUT2D eigenvalue weighted by Crippen LogP contribution is 2.21. The van der Waals surface area contributed by atoms with Crippen LogP contribution in [-0.4, -0.2) is 24.9 Å². The number of rotatable bonds is 1. The van der Waals surface area contributed by atoms with Gasteiger partial charge in [-0.05, 0) is 13.8 Å². The topological polar surface area (TPSA) is 63.8 Å². The van der Waals surface area contributed by atoms with E-state index in [1.807, 2.05) is 13.8 Å². The van der Waals surface area contributed by atoms with Gasteiger partial charge in [-0.2, -0.15) is 5.10 Å². The molecule has 5 heteroatoms. The molecule has 68 valence electrons. The van der Waals surface area contributed by atoms with Crippen LogP contribution in [-0.2, 0) is 0 Å². The standard InChI is InChI=1S/C8H10N4O/c1-5(2)12-7-6(3-11-12)9-4-10-8(7)13/h3-5H,1-2H3,(H,9,10,13). The molecular weight excluding hydrogens is 168 g/mol. The summed E-state index contributed by atoms with van der Waals surface area (Å²) in [6, 6.07) is 0.189. The van der Waals surface area contributed by atoms with Gasteiger partial charge in [-0.1, -0.05) is 0 Å². The lowest BCUT2D eigenvalue weighted by Crippen LogP contribution is -2.02. The average molecular weight is 178 g/mol. The normalized spacial score (nSPS) is 11.3. The largest absolute Gasteiger partial charge is 0.492 e. The molecule has 0 aliphatic rings. The van der Waals surface area contributed by atoms with Crippen molar-refractivity contribution in [2.24, 2.45) is 0 Å². The summed E-state index contributed by atoms with van der Waals surface area (Å²) in [5.74, 6) is -0.0174. The number of fused-ring (bicyclic) bond motifs is 1. The minimum Gasteiger partial charge on any atom is -0.492 e. The molecule has 2 rings (SSSR count). The van der Waals surface area contributed by atoms with Gasteiger partial charge < -0.3 is 5.11 Å². The molecule has 0 radical (unpaired) electrons. The predicted molar refractivity (Wildman–Crippen MR) is 47.4 cm³/mol. The van der Waals surface area contributed by atoms with Crippen molar-refractivity contribution < 1.29 is 5.11 Å². The molecule has 0 atom stereocenters. The van der Waals surface area contributed by atoms with Crippen LogP contribution in [0.3, 0.4) is 0 Å². The molecular formula is C8H10N4O. The van der Waals surface area contributed by atoms with E-state index in [0.717, 1.165) is 0 Å². The van der Waals surface area contributed by atoms with E-state index in [1.165, 1.54) is 6.33 Å². The lowest BCUT2D eigenvalue weighted by Gasteiger charge is -2.06. The highest BCUT2D eigenvalue weighted by atomic mass is 16.3. The number of hydrogen-bond donors (Lipinski definition) is 1. The Kier molecular flexibility index (Phi) is 1.65. The van der Waals surface area contributed by atoms with E-state index in [1.54, 1.807) is 10.9 Å². The molecule has 13 heavy (non-hydrogen) atoms. The van der Waals surface area contributed by atoms with E-state index in [2.05, 4.69) is 15.1 Å². The molecule has 0 saturated carbocycles. The van der Waals surface area contributed by atoms with Crippen molar-refractivity contribution in [2.45, 2.75) is 19.9 Å². The van der Waals surface area contributed by atoms with Gasteiger partial charge in [0, 0.05) is 6.04 Å². The van der Waals surface area contributed by atoms with Crippen LogP contribution in [0.2, 0.25) is 0 Å². The first-order valence-electron chi connectivity index (χ1n) is 4.07. The van der Waals surface area contributed by atoms with Crippen molar-refractivity contribution in [1.82, 2.24) is 19.7 Å². The van der Waals surface area contributed by atoms with Crippen molar-refractivity contribution in [1.29, 1.82) is 0 Å². The first-order chi connectivity index (χ1) is 6.20.